The molecule has 3 rings (SSSR count). The van der Waals surface area contributed by atoms with Crippen molar-refractivity contribution in [3.63, 3.8) is 0 Å². The monoisotopic (exact) mass is 438 g/mol. The Balaban J connectivity index is 2.20. The number of carbonyl (C=O) groups excluding carboxylic acids is 1. The minimum atomic E-state index is -3.62. The van der Waals surface area contributed by atoms with Crippen molar-refractivity contribution >= 4 is 27.8 Å². The Kier molecular flexibility index (Phi) is 5.74. The number of hydrogen-bond donors (Lipinski definition) is 3. The molecule has 0 radical (unpaired) electrons. The highest BCUT2D eigenvalue weighted by molar-refractivity contribution is 7.91. The third-order valence-corrected chi connectivity index (χ3v) is 7.32. The zero-order chi connectivity index (χ0) is 22.3. The predicted octanol–water partition coefficient (Wildman–Crippen LogP) is -0.0781. The van der Waals surface area contributed by atoms with E-state index in [1.165, 1.54) is 19.9 Å². The summed E-state index contributed by atoms with van der Waals surface area (Å²) >= 11 is 0. The second kappa shape index (κ2) is 7.84. The number of nitrogens with two attached hydrogens (primary N) is 1. The number of carbonyl (C=O) groups is 1. The normalized spacial score (nSPS) is 21.9. The fourth-order valence-electron chi connectivity index (χ4n) is 3.33. The van der Waals surface area contributed by atoms with Crippen LogP contribution in [0, 0.1) is 5.41 Å². The first kappa shape index (κ1) is 22.0. The van der Waals surface area contributed by atoms with E-state index in [2.05, 4.69) is 15.3 Å². The van der Waals surface area contributed by atoms with Gasteiger partial charge in [-0.05, 0) is 26.8 Å². The van der Waals surface area contributed by atoms with Gasteiger partial charge in [-0.25, -0.2) is 18.4 Å². The number of rotatable bonds is 5. The second-order valence-corrected chi connectivity index (χ2v) is 10.4. The molecule has 0 spiro atoms. The number of sulfone groups is 1. The average Bonchev–Trinajstić information content (AvgIpc) is 2.66. The molecule has 1 saturated heterocycles. The van der Waals surface area contributed by atoms with Gasteiger partial charge in [0.25, 0.3) is 5.91 Å². The zero-order valence-electron chi connectivity index (χ0n) is 17.3. The maximum atomic E-state index is 12.7. The van der Waals surface area contributed by atoms with Crippen LogP contribution in [-0.2, 0) is 19.3 Å². The summed E-state index contributed by atoms with van der Waals surface area (Å²) in [7, 11) is -3.62. The first-order valence-corrected chi connectivity index (χ1v) is 11.2. The lowest BCUT2D eigenvalue weighted by atomic mass is 10.0. The van der Waals surface area contributed by atoms with E-state index in [4.69, 9.17) is 20.6 Å². The van der Waals surface area contributed by atoms with Crippen LogP contribution in [0.25, 0.3) is 0 Å². The van der Waals surface area contributed by atoms with Crippen LogP contribution in [0.5, 0.6) is 5.75 Å². The van der Waals surface area contributed by atoms with Crippen molar-refractivity contribution in [2.75, 3.05) is 31.0 Å². The Hall–Kier alpha value is -2.73. The maximum absolute atomic E-state index is 12.7. The summed E-state index contributed by atoms with van der Waals surface area (Å²) in [5, 5.41) is 9.44. The minimum Gasteiger partial charge on any atom is -0.486 e. The Morgan fingerprint density at radius 2 is 2.03 bits per heavy atom. The second-order valence-electron chi connectivity index (χ2n) is 7.83. The quantitative estimate of drug-likeness (QED) is 0.534. The smallest absolute Gasteiger partial charge is 0.294 e. The molecule has 0 aromatic carbocycles. The lowest BCUT2D eigenvalue weighted by molar-refractivity contribution is 0.0481. The Bertz CT molecular complexity index is 1010. The fourth-order valence-corrected chi connectivity index (χ4v) is 3.82. The van der Waals surface area contributed by atoms with Crippen LogP contribution in [0.4, 0.5) is 5.82 Å². The molecule has 11 nitrogen and oxygen atoms in total. The van der Waals surface area contributed by atoms with Crippen LogP contribution >= 0.6 is 0 Å². The third-order valence-electron chi connectivity index (χ3n) is 5.27. The van der Waals surface area contributed by atoms with E-state index in [9.17, 15) is 13.2 Å². The van der Waals surface area contributed by atoms with E-state index in [1.807, 2.05) is 11.8 Å². The number of aromatic nitrogens is 2. The highest BCUT2D eigenvalue weighted by atomic mass is 32.2. The van der Waals surface area contributed by atoms with Gasteiger partial charge in [-0.1, -0.05) is 0 Å². The maximum Gasteiger partial charge on any atom is 0.294 e. The van der Waals surface area contributed by atoms with Crippen LogP contribution < -0.4 is 20.7 Å². The summed E-state index contributed by atoms with van der Waals surface area (Å²) in [4.78, 5) is 23.4. The molecule has 2 atom stereocenters. The van der Waals surface area contributed by atoms with Gasteiger partial charge in [-0.15, -0.1) is 0 Å². The number of ether oxygens (including phenoxy) is 2. The molecule has 1 aromatic heterocycles. The van der Waals surface area contributed by atoms with Crippen molar-refractivity contribution in [3.05, 3.63) is 23.4 Å². The molecule has 30 heavy (non-hydrogen) atoms. The summed E-state index contributed by atoms with van der Waals surface area (Å²) in [5.41, 5.74) is 5.76. The first-order chi connectivity index (χ1) is 14.0. The summed E-state index contributed by atoms with van der Waals surface area (Å²) in [6.07, 6.45) is 3.23. The van der Waals surface area contributed by atoms with Gasteiger partial charge in [0, 0.05) is 12.5 Å². The molecule has 0 saturated carbocycles. The van der Waals surface area contributed by atoms with Crippen molar-refractivity contribution in [2.24, 2.45) is 5.73 Å². The molecule has 4 N–H and O–H groups in total. The average molecular weight is 439 g/mol. The lowest BCUT2D eigenvalue weighted by Crippen LogP contribution is -2.56. The van der Waals surface area contributed by atoms with E-state index in [1.54, 1.807) is 0 Å². The summed E-state index contributed by atoms with van der Waals surface area (Å²) in [6, 6.07) is -0.182. The molecule has 2 aliphatic rings. The van der Waals surface area contributed by atoms with Crippen molar-refractivity contribution in [1.29, 1.82) is 5.41 Å². The van der Waals surface area contributed by atoms with E-state index in [0.29, 0.717) is 19.0 Å². The van der Waals surface area contributed by atoms with Gasteiger partial charge < -0.3 is 30.8 Å². The van der Waals surface area contributed by atoms with Gasteiger partial charge >= 0.3 is 0 Å². The molecule has 0 aliphatic carbocycles. The van der Waals surface area contributed by atoms with Crippen LogP contribution in [0.1, 0.15) is 37.1 Å². The van der Waals surface area contributed by atoms with Crippen LogP contribution in [0.3, 0.4) is 0 Å². The molecule has 164 valence electrons. The molecule has 12 heteroatoms. The Labute approximate surface area is 175 Å². The van der Waals surface area contributed by atoms with Crippen molar-refractivity contribution < 1.29 is 22.7 Å². The van der Waals surface area contributed by atoms with E-state index in [0.717, 1.165) is 12.5 Å². The molecule has 2 aliphatic heterocycles. The molecule has 3 heterocycles. The first-order valence-electron chi connectivity index (χ1n) is 9.36. The number of allylic oxidation sites excluding steroid dienone is 1. The van der Waals surface area contributed by atoms with Gasteiger partial charge in [0.05, 0.1) is 25.3 Å². The molecule has 0 bridgehead atoms. The molecular weight excluding hydrogens is 412 g/mol. The molecule has 1 aromatic rings. The van der Waals surface area contributed by atoms with Crippen molar-refractivity contribution in [3.8, 4) is 5.75 Å². The topological polar surface area (TPSA) is 161 Å². The van der Waals surface area contributed by atoms with Crippen LogP contribution in [0.15, 0.2) is 11.9 Å². The molecule has 1 amide bonds. The lowest BCUT2D eigenvalue weighted by Gasteiger charge is -2.45. The van der Waals surface area contributed by atoms with Gasteiger partial charge in [-0.3, -0.25) is 4.79 Å². The standard InChI is InChI=1S/C18H26N6O5S/c1-10-7-28-8-11-9-29-13-14(18(2,3)30(4,26)27)22-15(23-16(13)24(10)11)17(25)21-12(20)5-6-19/h5-6,10-11,19H,7-9,20H2,1-4H3,(H,21,25)/b12-5+,19-6?/t10-,11+/m1/s1. The summed E-state index contributed by atoms with van der Waals surface area (Å²) < 4.78 is 35.1. The summed E-state index contributed by atoms with van der Waals surface area (Å²) in [5.74, 6) is -0.431. The van der Waals surface area contributed by atoms with E-state index in [-0.39, 0.29) is 41.8 Å². The van der Waals surface area contributed by atoms with Gasteiger partial charge in [0.2, 0.25) is 5.82 Å². The highest BCUT2D eigenvalue weighted by Gasteiger charge is 2.44. The number of fused-ring (bicyclic) bond motifs is 3. The minimum absolute atomic E-state index is 0.0608. The van der Waals surface area contributed by atoms with Crippen molar-refractivity contribution in [2.45, 2.75) is 37.6 Å². The van der Waals surface area contributed by atoms with Crippen molar-refractivity contribution in [1.82, 2.24) is 15.3 Å². The van der Waals surface area contributed by atoms with Gasteiger partial charge in [-0.2, -0.15) is 0 Å². The molecule has 0 unspecified atom stereocenters. The molecule has 1 fully saturated rings. The largest absolute Gasteiger partial charge is 0.486 e. The third kappa shape index (κ3) is 3.84. The van der Waals surface area contributed by atoms with E-state index >= 15 is 0 Å². The highest BCUT2D eigenvalue weighted by Crippen LogP contribution is 2.43. The number of morpholine rings is 1. The fraction of sp³-hybridized carbons (Fsp3) is 0.556. The molecular formula is C18H26N6O5S. The number of hydrogen-bond acceptors (Lipinski definition) is 10. The number of anilines is 1. The number of nitrogens with one attached hydrogen (secondary N) is 2. The predicted molar refractivity (Wildman–Crippen MR) is 110 cm³/mol. The van der Waals surface area contributed by atoms with Crippen LogP contribution in [-0.4, -0.2) is 68.7 Å². The number of amides is 1. The van der Waals surface area contributed by atoms with Gasteiger partial charge in [0.15, 0.2) is 21.4 Å². The SMILES string of the molecule is C[C@@H]1COC[C@H]2COc3c(nc(C(=O)N/C(N)=C/C=N)nc3C(C)(C)S(C)(=O)=O)N21. The van der Waals surface area contributed by atoms with Gasteiger partial charge in [0.1, 0.15) is 22.9 Å². The zero-order valence-corrected chi connectivity index (χ0v) is 18.1. The van der Waals surface area contributed by atoms with E-state index < -0.39 is 20.5 Å². The Morgan fingerprint density at radius 3 is 2.67 bits per heavy atom. The summed E-state index contributed by atoms with van der Waals surface area (Å²) in [6.45, 7) is 6.14. The Morgan fingerprint density at radius 1 is 1.33 bits per heavy atom. The number of nitrogens with zero attached hydrogens (tertiary/aromatic N) is 3. The van der Waals surface area contributed by atoms with Crippen LogP contribution in [0.2, 0.25) is 0 Å².